The lowest BCUT2D eigenvalue weighted by molar-refractivity contribution is -0.0644. The monoisotopic (exact) mass is 156 g/mol. The molecule has 2 aliphatic heterocycles. The molecule has 2 atom stereocenters. The number of likely N-dealkylation sites (N-methyl/N-ethyl adjacent to an activating group) is 1. The molecule has 2 rings (SSSR count). The number of nitrogens with two attached hydrogens (primary N) is 1. The zero-order valence-corrected chi connectivity index (χ0v) is 6.99. The van der Waals surface area contributed by atoms with Gasteiger partial charge in [0.15, 0.2) is 0 Å². The van der Waals surface area contributed by atoms with E-state index in [1.165, 1.54) is 0 Å². The fourth-order valence-electron chi connectivity index (χ4n) is 2.14. The molecule has 0 saturated carbocycles. The first-order valence-electron chi connectivity index (χ1n) is 4.32. The lowest BCUT2D eigenvalue weighted by atomic mass is 9.91. The van der Waals surface area contributed by atoms with Crippen LogP contribution in [-0.4, -0.2) is 43.3 Å². The highest BCUT2D eigenvalue weighted by atomic mass is 16.5. The van der Waals surface area contributed by atoms with E-state index in [-0.39, 0.29) is 0 Å². The van der Waals surface area contributed by atoms with Gasteiger partial charge in [0.25, 0.3) is 0 Å². The minimum Gasteiger partial charge on any atom is -0.378 e. The van der Waals surface area contributed by atoms with E-state index in [9.17, 15) is 0 Å². The molecule has 3 heteroatoms. The van der Waals surface area contributed by atoms with Crippen LogP contribution in [0.5, 0.6) is 0 Å². The fourth-order valence-corrected chi connectivity index (χ4v) is 2.14. The summed E-state index contributed by atoms with van der Waals surface area (Å²) in [7, 11) is 2.18. The molecule has 0 aromatic rings. The van der Waals surface area contributed by atoms with Crippen molar-refractivity contribution < 1.29 is 4.74 Å². The molecule has 2 saturated heterocycles. The summed E-state index contributed by atoms with van der Waals surface area (Å²) in [4.78, 5) is 2.42. The van der Waals surface area contributed by atoms with Crippen molar-refractivity contribution in [2.24, 2.45) is 5.73 Å². The molecule has 64 valence electrons. The van der Waals surface area contributed by atoms with Crippen LogP contribution < -0.4 is 5.73 Å². The first-order chi connectivity index (χ1) is 5.27. The zero-order valence-electron chi connectivity index (χ0n) is 6.99. The molecular formula is C8H16N2O. The Morgan fingerprint density at radius 1 is 1.27 bits per heavy atom. The van der Waals surface area contributed by atoms with Crippen LogP contribution in [0.1, 0.15) is 12.8 Å². The molecule has 0 unspecified atom stereocenters. The maximum atomic E-state index is 5.90. The lowest BCUT2D eigenvalue weighted by Gasteiger charge is -2.45. The summed E-state index contributed by atoms with van der Waals surface area (Å²) >= 11 is 0. The molecule has 2 aliphatic rings. The van der Waals surface area contributed by atoms with Crippen LogP contribution in [-0.2, 0) is 4.74 Å². The summed E-state index contributed by atoms with van der Waals surface area (Å²) < 4.78 is 5.46. The van der Waals surface area contributed by atoms with Crippen molar-refractivity contribution >= 4 is 0 Å². The molecule has 2 fully saturated rings. The fraction of sp³-hybridized carbons (Fsp3) is 1.00. The smallest absolute Gasteiger partial charge is 0.0623 e. The zero-order chi connectivity index (χ0) is 7.84. The predicted octanol–water partition coefficient (Wildman–Crippen LogP) is -0.193. The minimum atomic E-state index is 0.407. The van der Waals surface area contributed by atoms with Gasteiger partial charge in [-0.1, -0.05) is 0 Å². The van der Waals surface area contributed by atoms with Crippen molar-refractivity contribution in [1.29, 1.82) is 0 Å². The number of ether oxygens (including phenoxy) is 1. The Balaban J connectivity index is 2.07. The van der Waals surface area contributed by atoms with E-state index in [2.05, 4.69) is 11.9 Å². The Hall–Kier alpha value is -0.120. The molecule has 0 spiro atoms. The second-order valence-corrected chi connectivity index (χ2v) is 3.74. The summed E-state index contributed by atoms with van der Waals surface area (Å²) in [6, 6.07) is 1.57. The van der Waals surface area contributed by atoms with Crippen LogP contribution in [0.3, 0.4) is 0 Å². The average Bonchev–Trinajstić information content (AvgIpc) is 1.92. The first-order valence-corrected chi connectivity index (χ1v) is 4.32. The van der Waals surface area contributed by atoms with Crippen LogP contribution in [0, 0.1) is 0 Å². The summed E-state index contributed by atoms with van der Waals surface area (Å²) in [6.07, 6.45) is 2.21. The highest BCUT2D eigenvalue weighted by Crippen LogP contribution is 2.24. The second kappa shape index (κ2) is 2.73. The molecule has 2 N–H and O–H groups in total. The molecule has 2 heterocycles. The van der Waals surface area contributed by atoms with E-state index < -0.39 is 0 Å². The van der Waals surface area contributed by atoms with Gasteiger partial charge < -0.3 is 10.5 Å². The molecule has 11 heavy (non-hydrogen) atoms. The minimum absolute atomic E-state index is 0.407. The molecule has 3 nitrogen and oxygen atoms in total. The maximum absolute atomic E-state index is 5.90. The quantitative estimate of drug-likeness (QED) is 0.528. The Morgan fingerprint density at radius 2 is 1.82 bits per heavy atom. The van der Waals surface area contributed by atoms with E-state index in [1.807, 2.05) is 0 Å². The van der Waals surface area contributed by atoms with Gasteiger partial charge in [0.05, 0.1) is 13.2 Å². The number of morpholine rings is 1. The van der Waals surface area contributed by atoms with Gasteiger partial charge in [-0.05, 0) is 19.9 Å². The number of rotatable bonds is 0. The SMILES string of the molecule is CN1[C@H]2COC[C@H]1CC(N)C2. The van der Waals surface area contributed by atoms with Crippen molar-refractivity contribution in [2.45, 2.75) is 31.0 Å². The van der Waals surface area contributed by atoms with Gasteiger partial charge in [-0.15, -0.1) is 0 Å². The Bertz CT molecular complexity index is 137. The summed E-state index contributed by atoms with van der Waals surface area (Å²) in [5.41, 5.74) is 5.90. The Labute approximate surface area is 67.5 Å². The molecule has 0 aromatic carbocycles. The van der Waals surface area contributed by atoms with Crippen LogP contribution in [0.2, 0.25) is 0 Å². The molecular weight excluding hydrogens is 140 g/mol. The van der Waals surface area contributed by atoms with Crippen LogP contribution >= 0.6 is 0 Å². The second-order valence-electron chi connectivity index (χ2n) is 3.74. The van der Waals surface area contributed by atoms with E-state index in [4.69, 9.17) is 10.5 Å². The van der Waals surface area contributed by atoms with Crippen molar-refractivity contribution in [3.8, 4) is 0 Å². The van der Waals surface area contributed by atoms with Crippen molar-refractivity contribution in [2.75, 3.05) is 20.3 Å². The van der Waals surface area contributed by atoms with Crippen molar-refractivity contribution in [1.82, 2.24) is 4.90 Å². The third kappa shape index (κ3) is 1.28. The number of piperidine rings is 1. The number of nitrogens with zero attached hydrogens (tertiary/aromatic N) is 1. The van der Waals surface area contributed by atoms with Crippen LogP contribution in [0.4, 0.5) is 0 Å². The van der Waals surface area contributed by atoms with Crippen molar-refractivity contribution in [3.05, 3.63) is 0 Å². The van der Waals surface area contributed by atoms with Crippen molar-refractivity contribution in [3.63, 3.8) is 0 Å². The van der Waals surface area contributed by atoms with Gasteiger partial charge in [-0.25, -0.2) is 0 Å². The largest absolute Gasteiger partial charge is 0.378 e. The number of hydrogen-bond donors (Lipinski definition) is 1. The van der Waals surface area contributed by atoms with Crippen LogP contribution in [0.15, 0.2) is 0 Å². The van der Waals surface area contributed by atoms with Gasteiger partial charge in [0, 0.05) is 18.1 Å². The molecule has 0 radical (unpaired) electrons. The van der Waals surface area contributed by atoms with Gasteiger partial charge in [-0.2, -0.15) is 0 Å². The molecule has 0 amide bonds. The van der Waals surface area contributed by atoms with E-state index in [0.29, 0.717) is 18.1 Å². The topological polar surface area (TPSA) is 38.5 Å². The van der Waals surface area contributed by atoms with Gasteiger partial charge in [0.1, 0.15) is 0 Å². The summed E-state index contributed by atoms with van der Waals surface area (Å²) in [6.45, 7) is 1.75. The van der Waals surface area contributed by atoms with Gasteiger partial charge in [-0.3, -0.25) is 4.90 Å². The lowest BCUT2D eigenvalue weighted by Crippen LogP contribution is -2.57. The number of fused-ring (bicyclic) bond motifs is 2. The standard InChI is InChI=1S/C8H16N2O/c1-10-7-2-6(9)3-8(10)5-11-4-7/h6-8H,2-5,9H2,1H3/t7-,8-/m1/s1. The van der Waals surface area contributed by atoms with E-state index >= 15 is 0 Å². The Morgan fingerprint density at radius 3 is 2.36 bits per heavy atom. The predicted molar refractivity (Wildman–Crippen MR) is 43.4 cm³/mol. The highest BCUT2D eigenvalue weighted by molar-refractivity contribution is 4.91. The molecule has 0 aliphatic carbocycles. The maximum Gasteiger partial charge on any atom is 0.0623 e. The summed E-state index contributed by atoms with van der Waals surface area (Å²) in [5.74, 6) is 0. The highest BCUT2D eigenvalue weighted by Gasteiger charge is 2.34. The van der Waals surface area contributed by atoms with E-state index in [1.54, 1.807) is 0 Å². The van der Waals surface area contributed by atoms with Crippen LogP contribution in [0.25, 0.3) is 0 Å². The number of hydrogen-bond acceptors (Lipinski definition) is 3. The molecule has 2 bridgehead atoms. The van der Waals surface area contributed by atoms with Gasteiger partial charge >= 0.3 is 0 Å². The third-order valence-corrected chi connectivity index (χ3v) is 2.92. The normalized spacial score (nSPS) is 45.8. The third-order valence-electron chi connectivity index (χ3n) is 2.92. The van der Waals surface area contributed by atoms with E-state index in [0.717, 1.165) is 26.1 Å². The first kappa shape index (κ1) is 7.53. The van der Waals surface area contributed by atoms with Gasteiger partial charge in [0.2, 0.25) is 0 Å². The molecule has 0 aromatic heterocycles. The average molecular weight is 156 g/mol. The summed E-state index contributed by atoms with van der Waals surface area (Å²) in [5, 5.41) is 0. The Kier molecular flexibility index (Phi) is 1.87.